The number of carbonyl (C=O) groups is 1. The third-order valence-corrected chi connectivity index (χ3v) is 3.53. The van der Waals surface area contributed by atoms with E-state index in [4.69, 9.17) is 4.74 Å². The number of aliphatic carboxylic acids is 1. The summed E-state index contributed by atoms with van der Waals surface area (Å²) in [5, 5.41) is 13.8. The van der Waals surface area contributed by atoms with Gasteiger partial charge in [0.2, 0.25) is 0 Å². The summed E-state index contributed by atoms with van der Waals surface area (Å²) in [5.74, 6) is -2.04. The SMILES string of the molecule is CCC1C(C(F)(F)F)=NN(c2ccc(OC)cc2)C1C(=O)O. The molecule has 1 heterocycles. The van der Waals surface area contributed by atoms with Crippen molar-refractivity contribution in [2.75, 3.05) is 12.1 Å². The number of hydrogen-bond acceptors (Lipinski definition) is 4. The van der Waals surface area contributed by atoms with Gasteiger partial charge in [0.25, 0.3) is 0 Å². The molecule has 0 radical (unpaired) electrons. The van der Waals surface area contributed by atoms with Crippen molar-refractivity contribution < 1.29 is 27.8 Å². The van der Waals surface area contributed by atoms with Crippen LogP contribution < -0.4 is 9.75 Å². The van der Waals surface area contributed by atoms with Crippen molar-refractivity contribution in [3.8, 4) is 5.75 Å². The number of alkyl halides is 3. The van der Waals surface area contributed by atoms with E-state index in [1.54, 1.807) is 0 Å². The van der Waals surface area contributed by atoms with Crippen molar-refractivity contribution in [1.29, 1.82) is 0 Å². The van der Waals surface area contributed by atoms with Crippen LogP contribution in [0.15, 0.2) is 29.4 Å². The van der Waals surface area contributed by atoms with Gasteiger partial charge in [0.05, 0.1) is 12.8 Å². The fraction of sp³-hybridized carbons (Fsp3) is 0.429. The van der Waals surface area contributed by atoms with Crippen LogP contribution in [0.4, 0.5) is 18.9 Å². The second-order valence-electron chi connectivity index (χ2n) is 4.82. The van der Waals surface area contributed by atoms with Gasteiger partial charge in [-0.3, -0.25) is 5.01 Å². The third-order valence-electron chi connectivity index (χ3n) is 3.53. The Hall–Kier alpha value is -2.25. The summed E-state index contributed by atoms with van der Waals surface area (Å²) in [6, 6.07) is 4.65. The lowest BCUT2D eigenvalue weighted by Crippen LogP contribution is -2.42. The van der Waals surface area contributed by atoms with Crippen LogP contribution in [-0.4, -0.2) is 36.1 Å². The van der Waals surface area contributed by atoms with Gasteiger partial charge in [-0.1, -0.05) is 6.92 Å². The average Bonchev–Trinajstić information content (AvgIpc) is 2.87. The molecule has 5 nitrogen and oxygen atoms in total. The molecule has 8 heteroatoms. The summed E-state index contributed by atoms with van der Waals surface area (Å²) in [7, 11) is 1.46. The fourth-order valence-corrected chi connectivity index (χ4v) is 2.49. The van der Waals surface area contributed by atoms with Crippen LogP contribution in [0, 0.1) is 5.92 Å². The molecule has 120 valence electrons. The molecule has 0 bridgehead atoms. The van der Waals surface area contributed by atoms with Crippen molar-refractivity contribution in [2.45, 2.75) is 25.6 Å². The number of methoxy groups -OCH3 is 1. The highest BCUT2D eigenvalue weighted by Crippen LogP contribution is 2.37. The molecular weight excluding hydrogens is 301 g/mol. The summed E-state index contributed by atoms with van der Waals surface area (Å²) in [4.78, 5) is 11.4. The van der Waals surface area contributed by atoms with E-state index in [1.807, 2.05) is 0 Å². The van der Waals surface area contributed by atoms with Gasteiger partial charge in [0, 0.05) is 5.92 Å². The second-order valence-corrected chi connectivity index (χ2v) is 4.82. The highest BCUT2D eigenvalue weighted by Gasteiger charge is 2.52. The van der Waals surface area contributed by atoms with E-state index in [9.17, 15) is 23.1 Å². The zero-order valence-corrected chi connectivity index (χ0v) is 12.0. The van der Waals surface area contributed by atoms with Crippen molar-refractivity contribution in [3.05, 3.63) is 24.3 Å². The van der Waals surface area contributed by atoms with E-state index in [1.165, 1.54) is 38.3 Å². The average molecular weight is 316 g/mol. The van der Waals surface area contributed by atoms with Crippen LogP contribution in [0.2, 0.25) is 0 Å². The summed E-state index contributed by atoms with van der Waals surface area (Å²) >= 11 is 0. The van der Waals surface area contributed by atoms with Crippen LogP contribution in [0.25, 0.3) is 0 Å². The largest absolute Gasteiger partial charge is 0.497 e. The lowest BCUT2D eigenvalue weighted by Gasteiger charge is -2.24. The van der Waals surface area contributed by atoms with E-state index in [0.29, 0.717) is 5.75 Å². The van der Waals surface area contributed by atoms with Gasteiger partial charge >= 0.3 is 12.1 Å². The summed E-state index contributed by atoms with van der Waals surface area (Å²) in [5.41, 5.74) is -0.788. The van der Waals surface area contributed by atoms with E-state index >= 15 is 0 Å². The predicted octanol–water partition coefficient (Wildman–Crippen LogP) is 2.91. The Bertz CT molecular complexity index is 584. The topological polar surface area (TPSA) is 62.1 Å². The highest BCUT2D eigenvalue weighted by molar-refractivity contribution is 6.00. The molecule has 0 fully saturated rings. The molecule has 0 amide bonds. The minimum absolute atomic E-state index is 0.0297. The van der Waals surface area contributed by atoms with Gasteiger partial charge in [-0.15, -0.1) is 0 Å². The monoisotopic (exact) mass is 316 g/mol. The quantitative estimate of drug-likeness (QED) is 0.928. The number of benzene rings is 1. The number of ether oxygens (including phenoxy) is 1. The lowest BCUT2D eigenvalue weighted by atomic mass is 9.92. The van der Waals surface area contributed by atoms with Gasteiger partial charge in [0.1, 0.15) is 11.5 Å². The van der Waals surface area contributed by atoms with Crippen LogP contribution in [0.3, 0.4) is 0 Å². The number of halogens is 3. The van der Waals surface area contributed by atoms with E-state index < -0.39 is 29.8 Å². The molecule has 0 saturated heterocycles. The summed E-state index contributed by atoms with van der Waals surface area (Å²) in [6.45, 7) is 1.51. The maximum Gasteiger partial charge on any atom is 0.431 e. The van der Waals surface area contributed by atoms with Crippen LogP contribution in [0.1, 0.15) is 13.3 Å². The Labute approximate surface area is 125 Å². The first-order valence-electron chi connectivity index (χ1n) is 6.61. The van der Waals surface area contributed by atoms with Crippen LogP contribution >= 0.6 is 0 Å². The first kappa shape index (κ1) is 16.1. The fourth-order valence-electron chi connectivity index (χ4n) is 2.49. The molecule has 2 atom stereocenters. The Balaban J connectivity index is 2.46. The van der Waals surface area contributed by atoms with E-state index in [0.717, 1.165) is 5.01 Å². The minimum atomic E-state index is -4.66. The Kier molecular flexibility index (Phi) is 4.30. The van der Waals surface area contributed by atoms with Gasteiger partial charge in [-0.05, 0) is 30.7 Å². The Morgan fingerprint density at radius 3 is 2.36 bits per heavy atom. The van der Waals surface area contributed by atoms with E-state index in [-0.39, 0.29) is 12.1 Å². The third kappa shape index (κ3) is 2.86. The number of nitrogens with zero attached hydrogens (tertiary/aromatic N) is 2. The molecule has 0 aromatic heterocycles. The Morgan fingerprint density at radius 1 is 1.36 bits per heavy atom. The molecule has 1 aliphatic rings. The molecule has 2 unspecified atom stereocenters. The molecule has 0 aliphatic carbocycles. The lowest BCUT2D eigenvalue weighted by molar-refractivity contribution is -0.139. The number of hydrogen-bond donors (Lipinski definition) is 1. The zero-order valence-electron chi connectivity index (χ0n) is 12.0. The summed E-state index contributed by atoms with van der Waals surface area (Å²) < 4.78 is 44.2. The molecule has 22 heavy (non-hydrogen) atoms. The van der Waals surface area contributed by atoms with Crippen molar-refractivity contribution >= 4 is 17.4 Å². The van der Waals surface area contributed by atoms with Gasteiger partial charge in [-0.2, -0.15) is 18.3 Å². The molecule has 1 N–H and O–H groups in total. The number of carboxylic acid groups (broad SMARTS) is 1. The molecular formula is C14H15F3N2O3. The van der Waals surface area contributed by atoms with Gasteiger partial charge in [0.15, 0.2) is 6.04 Å². The maximum atomic E-state index is 13.1. The van der Waals surface area contributed by atoms with E-state index in [2.05, 4.69) is 5.10 Å². The number of anilines is 1. The Morgan fingerprint density at radius 2 is 1.95 bits per heavy atom. The van der Waals surface area contributed by atoms with Crippen molar-refractivity contribution in [2.24, 2.45) is 11.0 Å². The first-order valence-corrected chi connectivity index (χ1v) is 6.61. The molecule has 0 saturated carbocycles. The normalized spacial score (nSPS) is 21.7. The second kappa shape index (κ2) is 5.86. The van der Waals surface area contributed by atoms with Gasteiger partial charge in [-0.25, -0.2) is 4.79 Å². The van der Waals surface area contributed by atoms with Gasteiger partial charge < -0.3 is 9.84 Å². The van der Waals surface area contributed by atoms with Crippen molar-refractivity contribution in [1.82, 2.24) is 0 Å². The minimum Gasteiger partial charge on any atom is -0.497 e. The maximum absolute atomic E-state index is 13.1. The predicted molar refractivity (Wildman–Crippen MR) is 74.2 cm³/mol. The molecule has 2 rings (SSSR count). The zero-order chi connectivity index (χ0) is 16.5. The first-order chi connectivity index (χ1) is 10.3. The number of rotatable bonds is 4. The van der Waals surface area contributed by atoms with Crippen LogP contribution in [0.5, 0.6) is 5.75 Å². The number of carboxylic acids is 1. The molecule has 1 aromatic rings. The summed E-state index contributed by atoms with van der Waals surface area (Å²) in [6.07, 6.45) is -4.63. The molecule has 1 aromatic carbocycles. The van der Waals surface area contributed by atoms with Crippen LogP contribution in [-0.2, 0) is 4.79 Å². The standard InChI is InChI=1S/C14H15F3N2O3/c1-3-10-11(13(20)21)19(18-12(10)14(15,16)17)8-4-6-9(22-2)7-5-8/h4-7,10-11H,3H2,1-2H3,(H,20,21). The number of hydrazone groups is 1. The van der Waals surface area contributed by atoms with Crippen molar-refractivity contribution in [3.63, 3.8) is 0 Å². The molecule has 1 aliphatic heterocycles. The molecule has 0 spiro atoms. The highest BCUT2D eigenvalue weighted by atomic mass is 19.4. The smallest absolute Gasteiger partial charge is 0.431 e.